The Morgan fingerprint density at radius 3 is 2.45 bits per heavy atom. The van der Waals surface area contributed by atoms with Crippen LogP contribution in [0.3, 0.4) is 0 Å². The SMILES string of the molecule is COCCCOc1cc(CN(C(=O)[C@H]2CNC[C@@H](O)[C@@H]2c2cccc(-c3ccccc3)c2)C2CC2)cc(OC)c1. The number of nitrogens with zero attached hydrogens (tertiary/aromatic N) is 1. The molecule has 1 aliphatic carbocycles. The Bertz CT molecular complexity index is 1260. The van der Waals surface area contributed by atoms with E-state index >= 15 is 0 Å². The van der Waals surface area contributed by atoms with Gasteiger partial charge in [0.2, 0.25) is 5.91 Å². The Balaban J connectivity index is 1.38. The number of benzene rings is 3. The van der Waals surface area contributed by atoms with E-state index in [9.17, 15) is 9.90 Å². The zero-order chi connectivity index (χ0) is 27.9. The molecule has 1 aliphatic heterocycles. The highest BCUT2D eigenvalue weighted by Crippen LogP contribution is 2.38. The first-order valence-corrected chi connectivity index (χ1v) is 14.2. The fraction of sp³-hybridized carbons (Fsp3) is 0.424. The molecule has 0 spiro atoms. The Morgan fingerprint density at radius 2 is 1.70 bits per heavy atom. The third kappa shape index (κ3) is 6.84. The number of carbonyl (C=O) groups is 1. The lowest BCUT2D eigenvalue weighted by atomic mass is 9.77. The van der Waals surface area contributed by atoms with Crippen LogP contribution in [0.4, 0.5) is 0 Å². The van der Waals surface area contributed by atoms with Crippen molar-refractivity contribution >= 4 is 5.91 Å². The first kappa shape index (κ1) is 28.1. The highest BCUT2D eigenvalue weighted by molar-refractivity contribution is 5.81. The molecule has 2 N–H and O–H groups in total. The first-order valence-electron chi connectivity index (χ1n) is 14.2. The summed E-state index contributed by atoms with van der Waals surface area (Å²) in [4.78, 5) is 16.3. The average molecular weight is 545 g/mol. The second-order valence-corrected chi connectivity index (χ2v) is 10.8. The van der Waals surface area contributed by atoms with Crippen molar-refractivity contribution in [3.8, 4) is 22.6 Å². The van der Waals surface area contributed by atoms with E-state index < -0.39 is 6.10 Å². The maximum atomic E-state index is 14.3. The van der Waals surface area contributed by atoms with Crippen molar-refractivity contribution in [1.29, 1.82) is 0 Å². The van der Waals surface area contributed by atoms with E-state index in [0.29, 0.717) is 38.6 Å². The van der Waals surface area contributed by atoms with E-state index in [1.807, 2.05) is 53.4 Å². The summed E-state index contributed by atoms with van der Waals surface area (Å²) < 4.78 is 16.6. The van der Waals surface area contributed by atoms with Crippen LogP contribution in [-0.2, 0) is 16.1 Å². The van der Waals surface area contributed by atoms with E-state index in [2.05, 4.69) is 29.6 Å². The molecule has 3 aromatic rings. The molecule has 2 fully saturated rings. The number of hydrogen-bond donors (Lipinski definition) is 2. The number of methoxy groups -OCH3 is 2. The summed E-state index contributed by atoms with van der Waals surface area (Å²) in [5, 5.41) is 14.5. The minimum absolute atomic E-state index is 0.0780. The van der Waals surface area contributed by atoms with Crippen molar-refractivity contribution in [2.24, 2.45) is 5.92 Å². The molecule has 2 aliphatic rings. The third-order valence-electron chi connectivity index (χ3n) is 7.82. The van der Waals surface area contributed by atoms with E-state index in [4.69, 9.17) is 14.2 Å². The molecule has 212 valence electrons. The van der Waals surface area contributed by atoms with Gasteiger partial charge in [0.1, 0.15) is 11.5 Å². The van der Waals surface area contributed by atoms with Gasteiger partial charge in [0, 0.05) is 57.8 Å². The number of β-amino-alcohol motifs (C(OH)–C–C–N with tert-alkyl or cyclic N) is 1. The van der Waals surface area contributed by atoms with Gasteiger partial charge in [0.05, 0.1) is 25.7 Å². The lowest BCUT2D eigenvalue weighted by Gasteiger charge is -2.38. The fourth-order valence-electron chi connectivity index (χ4n) is 5.66. The average Bonchev–Trinajstić information content (AvgIpc) is 3.83. The summed E-state index contributed by atoms with van der Waals surface area (Å²) in [6.07, 6.45) is 2.12. The molecule has 1 saturated heterocycles. The van der Waals surface area contributed by atoms with E-state index in [1.54, 1.807) is 14.2 Å². The van der Waals surface area contributed by atoms with Gasteiger partial charge in [0.25, 0.3) is 0 Å². The van der Waals surface area contributed by atoms with Crippen molar-refractivity contribution < 1.29 is 24.1 Å². The number of aliphatic hydroxyl groups is 1. The molecule has 0 aromatic heterocycles. The molecular weight excluding hydrogens is 504 g/mol. The molecule has 7 nitrogen and oxygen atoms in total. The summed E-state index contributed by atoms with van der Waals surface area (Å²) in [5.74, 6) is 0.843. The monoisotopic (exact) mass is 544 g/mol. The number of hydrogen-bond acceptors (Lipinski definition) is 6. The molecule has 7 heteroatoms. The van der Waals surface area contributed by atoms with Gasteiger partial charge in [-0.25, -0.2) is 0 Å². The molecule has 1 heterocycles. The van der Waals surface area contributed by atoms with Crippen LogP contribution in [0, 0.1) is 5.92 Å². The smallest absolute Gasteiger partial charge is 0.228 e. The summed E-state index contributed by atoms with van der Waals surface area (Å²) in [7, 11) is 3.32. The number of rotatable bonds is 12. The van der Waals surface area contributed by atoms with Crippen molar-refractivity contribution in [3.63, 3.8) is 0 Å². The van der Waals surface area contributed by atoms with Gasteiger partial charge < -0.3 is 29.5 Å². The van der Waals surface area contributed by atoms with Crippen LogP contribution in [0.1, 0.15) is 36.3 Å². The minimum Gasteiger partial charge on any atom is -0.497 e. The standard InChI is InChI=1S/C33H40N2O5/c1-38-14-7-15-40-29-17-23(16-28(19-29)39-2)22-35(27-12-13-27)33(37)30-20-34-21-31(36)32(30)26-11-6-10-25(18-26)24-8-4-3-5-9-24/h3-6,8-11,16-19,27,30-32,34,36H,7,12-15,20-22H2,1-2H3/t30-,31+,32+/m0/s1. The van der Waals surface area contributed by atoms with Gasteiger partial charge >= 0.3 is 0 Å². The maximum Gasteiger partial charge on any atom is 0.228 e. The molecule has 1 saturated carbocycles. The maximum absolute atomic E-state index is 14.3. The molecule has 0 unspecified atom stereocenters. The van der Waals surface area contributed by atoms with Gasteiger partial charge in [-0.05, 0) is 47.2 Å². The summed E-state index contributed by atoms with van der Waals surface area (Å²) >= 11 is 0. The second-order valence-electron chi connectivity index (χ2n) is 10.8. The van der Waals surface area contributed by atoms with Crippen LogP contribution >= 0.6 is 0 Å². The normalized spacial score (nSPS) is 20.6. The lowest BCUT2D eigenvalue weighted by Crippen LogP contribution is -2.52. The van der Waals surface area contributed by atoms with E-state index in [1.165, 1.54) is 0 Å². The zero-order valence-electron chi connectivity index (χ0n) is 23.4. The quantitative estimate of drug-likeness (QED) is 0.324. The molecule has 3 aromatic carbocycles. The predicted octanol–water partition coefficient (Wildman–Crippen LogP) is 4.63. The predicted molar refractivity (Wildman–Crippen MR) is 156 cm³/mol. The molecule has 40 heavy (non-hydrogen) atoms. The third-order valence-corrected chi connectivity index (χ3v) is 7.82. The van der Waals surface area contributed by atoms with Crippen molar-refractivity contribution in [3.05, 3.63) is 83.9 Å². The molecule has 0 radical (unpaired) electrons. The van der Waals surface area contributed by atoms with Crippen molar-refractivity contribution in [1.82, 2.24) is 10.2 Å². The van der Waals surface area contributed by atoms with Crippen LogP contribution in [0.2, 0.25) is 0 Å². The van der Waals surface area contributed by atoms with Gasteiger partial charge in [-0.3, -0.25) is 4.79 Å². The van der Waals surface area contributed by atoms with Crippen LogP contribution < -0.4 is 14.8 Å². The highest BCUT2D eigenvalue weighted by Gasteiger charge is 2.43. The number of piperidine rings is 1. The van der Waals surface area contributed by atoms with Crippen LogP contribution in [-0.4, -0.2) is 68.6 Å². The lowest BCUT2D eigenvalue weighted by molar-refractivity contribution is -0.139. The summed E-state index contributed by atoms with van der Waals surface area (Å²) in [6, 6.07) is 24.5. The van der Waals surface area contributed by atoms with Gasteiger partial charge in [-0.15, -0.1) is 0 Å². The Hall–Kier alpha value is -3.39. The van der Waals surface area contributed by atoms with Gasteiger partial charge in [-0.1, -0.05) is 54.6 Å². The van der Waals surface area contributed by atoms with Crippen LogP contribution in [0.25, 0.3) is 11.1 Å². The Morgan fingerprint density at radius 1 is 0.925 bits per heavy atom. The van der Waals surface area contributed by atoms with Crippen LogP contribution in [0.5, 0.6) is 11.5 Å². The molecular formula is C33H40N2O5. The van der Waals surface area contributed by atoms with E-state index in [0.717, 1.165) is 47.3 Å². The van der Waals surface area contributed by atoms with Crippen molar-refractivity contribution in [2.75, 3.05) is 40.5 Å². The molecule has 5 rings (SSSR count). The number of nitrogens with one attached hydrogen (secondary N) is 1. The van der Waals surface area contributed by atoms with Crippen LogP contribution in [0.15, 0.2) is 72.8 Å². The van der Waals surface area contributed by atoms with Gasteiger partial charge in [-0.2, -0.15) is 0 Å². The van der Waals surface area contributed by atoms with Gasteiger partial charge in [0.15, 0.2) is 0 Å². The highest BCUT2D eigenvalue weighted by atomic mass is 16.5. The molecule has 1 amide bonds. The number of ether oxygens (including phenoxy) is 3. The largest absolute Gasteiger partial charge is 0.497 e. The fourth-order valence-corrected chi connectivity index (χ4v) is 5.66. The summed E-state index contributed by atoms with van der Waals surface area (Å²) in [5.41, 5.74) is 4.17. The Kier molecular flexibility index (Phi) is 9.37. The molecule has 3 atom stereocenters. The number of aliphatic hydroxyl groups excluding tert-OH is 1. The number of amides is 1. The second kappa shape index (κ2) is 13.3. The summed E-state index contributed by atoms with van der Waals surface area (Å²) in [6.45, 7) is 2.65. The van der Waals surface area contributed by atoms with E-state index in [-0.39, 0.29) is 23.8 Å². The molecule has 0 bridgehead atoms. The van der Waals surface area contributed by atoms with Crippen molar-refractivity contribution in [2.45, 2.75) is 43.9 Å². The Labute approximate surface area is 237 Å². The number of carbonyl (C=O) groups excluding carboxylic acids is 1. The first-order chi connectivity index (χ1) is 19.6. The topological polar surface area (TPSA) is 80.3 Å². The minimum atomic E-state index is -0.654. The zero-order valence-corrected chi connectivity index (χ0v) is 23.4.